The molecule has 1 saturated heterocycles. The van der Waals surface area contributed by atoms with Gasteiger partial charge in [-0.2, -0.15) is 0 Å². The second-order valence-electron chi connectivity index (χ2n) is 5.04. The average molecular weight is 267 g/mol. The van der Waals surface area contributed by atoms with Crippen molar-refractivity contribution >= 4 is 11.4 Å². The van der Waals surface area contributed by atoms with Crippen LogP contribution in [0.4, 0.5) is 15.8 Å². The van der Waals surface area contributed by atoms with E-state index in [4.69, 9.17) is 5.73 Å². The summed E-state index contributed by atoms with van der Waals surface area (Å²) in [5.41, 5.74) is 6.29. The minimum atomic E-state index is -0.585. The molecule has 1 aromatic carbocycles. The Kier molecular flexibility index (Phi) is 3.99. The predicted molar refractivity (Wildman–Crippen MR) is 71.7 cm³/mol. The van der Waals surface area contributed by atoms with Crippen molar-refractivity contribution in [3.05, 3.63) is 34.1 Å². The Morgan fingerprint density at radius 3 is 2.84 bits per heavy atom. The van der Waals surface area contributed by atoms with Crippen LogP contribution < -0.4 is 10.6 Å². The Morgan fingerprint density at radius 1 is 1.47 bits per heavy atom. The molecule has 0 saturated carbocycles. The molecule has 2 rings (SSSR count). The van der Waals surface area contributed by atoms with Gasteiger partial charge in [0.2, 0.25) is 0 Å². The molecule has 6 heteroatoms. The van der Waals surface area contributed by atoms with Gasteiger partial charge in [-0.25, -0.2) is 4.39 Å². The van der Waals surface area contributed by atoms with Gasteiger partial charge in [-0.1, -0.05) is 0 Å². The lowest BCUT2D eigenvalue weighted by atomic mass is 9.96. The maximum atomic E-state index is 13.5. The number of hydrogen-bond donors (Lipinski definition) is 1. The highest BCUT2D eigenvalue weighted by Gasteiger charge is 2.27. The van der Waals surface area contributed by atoms with Gasteiger partial charge in [0.15, 0.2) is 0 Å². The number of benzene rings is 1. The Labute approximate surface area is 111 Å². The molecule has 0 bridgehead atoms. The van der Waals surface area contributed by atoms with Crippen LogP contribution in [0.3, 0.4) is 0 Å². The monoisotopic (exact) mass is 267 g/mol. The van der Waals surface area contributed by atoms with Gasteiger partial charge in [0, 0.05) is 30.4 Å². The topological polar surface area (TPSA) is 72.4 Å². The molecule has 2 atom stereocenters. The van der Waals surface area contributed by atoms with Gasteiger partial charge in [-0.15, -0.1) is 0 Å². The highest BCUT2D eigenvalue weighted by molar-refractivity contribution is 5.55. The van der Waals surface area contributed by atoms with Crippen molar-refractivity contribution in [2.45, 2.75) is 38.3 Å². The van der Waals surface area contributed by atoms with Crippen molar-refractivity contribution in [1.82, 2.24) is 0 Å². The third-order valence-electron chi connectivity index (χ3n) is 3.57. The van der Waals surface area contributed by atoms with Crippen LogP contribution in [-0.4, -0.2) is 23.6 Å². The van der Waals surface area contributed by atoms with E-state index < -0.39 is 10.7 Å². The summed E-state index contributed by atoms with van der Waals surface area (Å²) in [6, 6.07) is 3.75. The van der Waals surface area contributed by atoms with E-state index >= 15 is 0 Å². The first-order valence-electron chi connectivity index (χ1n) is 6.46. The molecule has 1 aliphatic heterocycles. The smallest absolute Gasteiger partial charge is 0.274 e. The lowest BCUT2D eigenvalue weighted by Crippen LogP contribution is -2.49. The molecule has 0 radical (unpaired) electrons. The fraction of sp³-hybridized carbons (Fsp3) is 0.538. The molecule has 2 N–H and O–H groups in total. The van der Waals surface area contributed by atoms with E-state index in [-0.39, 0.29) is 17.8 Å². The lowest BCUT2D eigenvalue weighted by Gasteiger charge is -2.39. The number of nitrogens with two attached hydrogens (primary N) is 1. The Hall–Kier alpha value is -1.69. The van der Waals surface area contributed by atoms with E-state index in [1.165, 1.54) is 12.1 Å². The van der Waals surface area contributed by atoms with E-state index in [1.807, 2.05) is 11.8 Å². The molecule has 1 aliphatic rings. The molecule has 1 heterocycles. The van der Waals surface area contributed by atoms with E-state index in [0.29, 0.717) is 5.69 Å². The van der Waals surface area contributed by atoms with Crippen LogP contribution in [0.1, 0.15) is 26.2 Å². The SMILES string of the molecule is CC(N)C1CCCCN1c1cc(F)cc([N+](=O)[O-])c1. The van der Waals surface area contributed by atoms with Gasteiger partial charge in [0.05, 0.1) is 11.0 Å². The fourth-order valence-electron chi connectivity index (χ4n) is 2.65. The first-order chi connectivity index (χ1) is 8.99. The van der Waals surface area contributed by atoms with Crippen LogP contribution >= 0.6 is 0 Å². The first-order valence-corrected chi connectivity index (χ1v) is 6.46. The summed E-state index contributed by atoms with van der Waals surface area (Å²) >= 11 is 0. The van der Waals surface area contributed by atoms with Crippen molar-refractivity contribution in [3.63, 3.8) is 0 Å². The summed E-state index contributed by atoms with van der Waals surface area (Å²) in [6.07, 6.45) is 3.01. The quantitative estimate of drug-likeness (QED) is 0.674. The van der Waals surface area contributed by atoms with Crippen LogP contribution in [-0.2, 0) is 0 Å². The number of halogens is 1. The zero-order valence-corrected chi connectivity index (χ0v) is 10.9. The number of hydrogen-bond acceptors (Lipinski definition) is 4. The van der Waals surface area contributed by atoms with Crippen molar-refractivity contribution in [1.29, 1.82) is 0 Å². The van der Waals surface area contributed by atoms with Gasteiger partial charge >= 0.3 is 0 Å². The van der Waals surface area contributed by atoms with Crippen LogP contribution in [0.5, 0.6) is 0 Å². The number of nitrogens with zero attached hydrogens (tertiary/aromatic N) is 2. The number of rotatable bonds is 3. The van der Waals surface area contributed by atoms with Crippen LogP contribution in [0.25, 0.3) is 0 Å². The molecule has 0 aromatic heterocycles. The highest BCUT2D eigenvalue weighted by Crippen LogP contribution is 2.29. The first kappa shape index (κ1) is 13.7. The summed E-state index contributed by atoms with van der Waals surface area (Å²) in [6.45, 7) is 2.67. The number of anilines is 1. The van der Waals surface area contributed by atoms with Gasteiger partial charge in [-0.05, 0) is 32.3 Å². The van der Waals surface area contributed by atoms with Gasteiger partial charge in [0.25, 0.3) is 5.69 Å². The molecular formula is C13H18FN3O2. The molecule has 104 valence electrons. The number of nitro benzene ring substituents is 1. The Bertz CT molecular complexity index is 479. The summed E-state index contributed by atoms with van der Waals surface area (Å²) in [4.78, 5) is 12.2. The average Bonchev–Trinajstić information content (AvgIpc) is 2.37. The van der Waals surface area contributed by atoms with Crippen LogP contribution in [0.15, 0.2) is 18.2 Å². The maximum Gasteiger partial charge on any atom is 0.274 e. The minimum Gasteiger partial charge on any atom is -0.367 e. The van der Waals surface area contributed by atoms with Gasteiger partial charge in [-0.3, -0.25) is 10.1 Å². The molecule has 0 aliphatic carbocycles. The van der Waals surface area contributed by atoms with E-state index in [2.05, 4.69) is 0 Å². The van der Waals surface area contributed by atoms with Gasteiger partial charge < -0.3 is 10.6 Å². The molecule has 0 spiro atoms. The van der Waals surface area contributed by atoms with E-state index in [0.717, 1.165) is 31.9 Å². The fourth-order valence-corrected chi connectivity index (χ4v) is 2.65. The Morgan fingerprint density at radius 2 is 2.21 bits per heavy atom. The third kappa shape index (κ3) is 3.01. The molecule has 1 fully saturated rings. The van der Waals surface area contributed by atoms with Crippen LogP contribution in [0.2, 0.25) is 0 Å². The predicted octanol–water partition coefficient (Wildman–Crippen LogP) is 2.44. The molecule has 0 amide bonds. The Balaban J connectivity index is 2.35. The van der Waals surface area contributed by atoms with E-state index in [9.17, 15) is 14.5 Å². The molecule has 5 nitrogen and oxygen atoms in total. The summed E-state index contributed by atoms with van der Waals surface area (Å²) in [5, 5.41) is 10.8. The summed E-state index contributed by atoms with van der Waals surface area (Å²) < 4.78 is 13.5. The highest BCUT2D eigenvalue weighted by atomic mass is 19.1. The third-order valence-corrected chi connectivity index (χ3v) is 3.57. The number of piperidine rings is 1. The number of nitro groups is 1. The second kappa shape index (κ2) is 5.52. The summed E-state index contributed by atoms with van der Waals surface area (Å²) in [7, 11) is 0. The minimum absolute atomic E-state index is 0.0531. The van der Waals surface area contributed by atoms with Crippen LogP contribution in [0, 0.1) is 15.9 Å². The van der Waals surface area contributed by atoms with Crippen molar-refractivity contribution < 1.29 is 9.31 Å². The van der Waals surface area contributed by atoms with Crippen molar-refractivity contribution in [3.8, 4) is 0 Å². The molecule has 19 heavy (non-hydrogen) atoms. The zero-order valence-electron chi connectivity index (χ0n) is 10.9. The largest absolute Gasteiger partial charge is 0.367 e. The van der Waals surface area contributed by atoms with E-state index in [1.54, 1.807) is 0 Å². The number of non-ortho nitro benzene ring substituents is 1. The maximum absolute atomic E-state index is 13.5. The standard InChI is InChI=1S/C13H18FN3O2/c1-9(15)13-4-2-3-5-16(13)11-6-10(14)7-12(8-11)17(18)19/h6-9,13H,2-5,15H2,1H3. The molecule has 1 aromatic rings. The summed E-state index contributed by atoms with van der Waals surface area (Å²) in [5.74, 6) is -0.585. The lowest BCUT2D eigenvalue weighted by molar-refractivity contribution is -0.385. The molecular weight excluding hydrogens is 249 g/mol. The normalized spacial score (nSPS) is 21.2. The van der Waals surface area contributed by atoms with Gasteiger partial charge in [0.1, 0.15) is 5.82 Å². The zero-order chi connectivity index (χ0) is 14.0. The van der Waals surface area contributed by atoms with Crippen molar-refractivity contribution in [2.24, 2.45) is 5.73 Å². The second-order valence-corrected chi connectivity index (χ2v) is 5.04. The van der Waals surface area contributed by atoms with Crippen molar-refractivity contribution in [2.75, 3.05) is 11.4 Å². The molecule has 2 unspecified atom stereocenters.